The summed E-state index contributed by atoms with van der Waals surface area (Å²) in [5.41, 5.74) is 8.79. The number of hydrogen-bond donors (Lipinski definition) is 1. The van der Waals surface area contributed by atoms with Crippen LogP contribution < -0.4 is 5.73 Å². The SMILES string of the molecule is NCc1ccc2onc(C3CCC3)c2c1. The van der Waals surface area contributed by atoms with E-state index in [2.05, 4.69) is 11.2 Å². The summed E-state index contributed by atoms with van der Waals surface area (Å²) in [4.78, 5) is 0. The van der Waals surface area contributed by atoms with Crippen LogP contribution in [0.2, 0.25) is 0 Å². The van der Waals surface area contributed by atoms with Crippen molar-refractivity contribution >= 4 is 11.0 Å². The summed E-state index contributed by atoms with van der Waals surface area (Å²) in [7, 11) is 0. The van der Waals surface area contributed by atoms with Gasteiger partial charge in [0, 0.05) is 17.8 Å². The standard InChI is InChI=1S/C12H14N2O/c13-7-8-4-5-11-10(6-8)12(14-15-11)9-2-1-3-9/h4-6,9H,1-3,7,13H2. The molecule has 2 aromatic rings. The number of nitrogens with zero attached hydrogens (tertiary/aromatic N) is 1. The van der Waals surface area contributed by atoms with Crippen LogP contribution in [0, 0.1) is 0 Å². The highest BCUT2D eigenvalue weighted by atomic mass is 16.5. The van der Waals surface area contributed by atoms with Crippen molar-refractivity contribution in [2.24, 2.45) is 5.73 Å². The maximum Gasteiger partial charge on any atom is 0.167 e. The van der Waals surface area contributed by atoms with Crippen LogP contribution in [-0.2, 0) is 6.54 Å². The molecule has 3 rings (SSSR count). The molecular formula is C12H14N2O. The van der Waals surface area contributed by atoms with Crippen LogP contribution in [0.1, 0.15) is 36.4 Å². The van der Waals surface area contributed by atoms with Crippen molar-refractivity contribution in [2.45, 2.75) is 31.7 Å². The topological polar surface area (TPSA) is 52.0 Å². The molecule has 0 radical (unpaired) electrons. The summed E-state index contributed by atoms with van der Waals surface area (Å²) >= 11 is 0. The van der Waals surface area contributed by atoms with E-state index in [1.54, 1.807) is 0 Å². The van der Waals surface area contributed by atoms with Gasteiger partial charge < -0.3 is 10.3 Å². The summed E-state index contributed by atoms with van der Waals surface area (Å²) in [5.74, 6) is 0.610. The van der Waals surface area contributed by atoms with Gasteiger partial charge in [0.2, 0.25) is 0 Å². The Morgan fingerprint density at radius 1 is 1.40 bits per heavy atom. The number of fused-ring (bicyclic) bond motifs is 1. The third kappa shape index (κ3) is 1.35. The van der Waals surface area contributed by atoms with Gasteiger partial charge >= 0.3 is 0 Å². The fourth-order valence-electron chi connectivity index (χ4n) is 2.11. The molecule has 1 saturated carbocycles. The largest absolute Gasteiger partial charge is 0.356 e. The van der Waals surface area contributed by atoms with E-state index in [9.17, 15) is 0 Å². The highest BCUT2D eigenvalue weighted by molar-refractivity contribution is 5.80. The van der Waals surface area contributed by atoms with E-state index in [0.29, 0.717) is 12.5 Å². The first-order valence-corrected chi connectivity index (χ1v) is 5.47. The number of benzene rings is 1. The average molecular weight is 202 g/mol. The van der Waals surface area contributed by atoms with Crippen molar-refractivity contribution in [3.63, 3.8) is 0 Å². The Morgan fingerprint density at radius 2 is 2.27 bits per heavy atom. The second-order valence-corrected chi connectivity index (χ2v) is 4.23. The number of aromatic nitrogens is 1. The van der Waals surface area contributed by atoms with Crippen LogP contribution in [0.5, 0.6) is 0 Å². The van der Waals surface area contributed by atoms with E-state index in [1.807, 2.05) is 12.1 Å². The van der Waals surface area contributed by atoms with Crippen LogP contribution in [0.3, 0.4) is 0 Å². The lowest BCUT2D eigenvalue weighted by Gasteiger charge is -2.22. The summed E-state index contributed by atoms with van der Waals surface area (Å²) in [6.07, 6.45) is 3.80. The van der Waals surface area contributed by atoms with Gasteiger partial charge in [0.1, 0.15) is 0 Å². The Morgan fingerprint density at radius 3 is 2.93 bits per heavy atom. The Kier molecular flexibility index (Phi) is 1.99. The van der Waals surface area contributed by atoms with Crippen molar-refractivity contribution < 1.29 is 4.52 Å². The lowest BCUT2D eigenvalue weighted by Crippen LogP contribution is -2.09. The predicted octanol–water partition coefficient (Wildman–Crippen LogP) is 2.55. The molecule has 1 aromatic carbocycles. The van der Waals surface area contributed by atoms with Crippen molar-refractivity contribution in [2.75, 3.05) is 0 Å². The lowest BCUT2D eigenvalue weighted by molar-refractivity contribution is 0.375. The zero-order chi connectivity index (χ0) is 10.3. The first-order valence-electron chi connectivity index (χ1n) is 5.47. The van der Waals surface area contributed by atoms with E-state index in [0.717, 1.165) is 22.2 Å². The Hall–Kier alpha value is -1.35. The zero-order valence-corrected chi connectivity index (χ0v) is 8.57. The van der Waals surface area contributed by atoms with Crippen molar-refractivity contribution in [1.29, 1.82) is 0 Å². The first kappa shape index (κ1) is 8.92. The molecule has 15 heavy (non-hydrogen) atoms. The van der Waals surface area contributed by atoms with Gasteiger partial charge in [-0.25, -0.2) is 0 Å². The molecule has 2 N–H and O–H groups in total. The van der Waals surface area contributed by atoms with E-state index in [1.165, 1.54) is 19.3 Å². The van der Waals surface area contributed by atoms with Gasteiger partial charge in [-0.15, -0.1) is 0 Å². The molecule has 0 aliphatic heterocycles. The molecule has 1 heterocycles. The minimum absolute atomic E-state index is 0.575. The zero-order valence-electron chi connectivity index (χ0n) is 8.57. The quantitative estimate of drug-likeness (QED) is 0.814. The Bertz CT molecular complexity index is 485. The molecule has 0 unspecified atom stereocenters. The molecule has 1 aliphatic carbocycles. The van der Waals surface area contributed by atoms with E-state index in [4.69, 9.17) is 10.3 Å². The molecule has 0 saturated heterocycles. The van der Waals surface area contributed by atoms with Gasteiger partial charge in [-0.05, 0) is 30.5 Å². The van der Waals surface area contributed by atoms with Crippen molar-refractivity contribution in [3.05, 3.63) is 29.5 Å². The number of rotatable bonds is 2. The maximum atomic E-state index is 5.63. The van der Waals surface area contributed by atoms with Crippen molar-refractivity contribution in [3.8, 4) is 0 Å². The number of hydrogen-bond acceptors (Lipinski definition) is 3. The van der Waals surface area contributed by atoms with Crippen LogP contribution >= 0.6 is 0 Å². The maximum absolute atomic E-state index is 5.63. The fourth-order valence-corrected chi connectivity index (χ4v) is 2.11. The van der Waals surface area contributed by atoms with Crippen LogP contribution in [0.25, 0.3) is 11.0 Å². The van der Waals surface area contributed by atoms with Gasteiger partial charge in [0.05, 0.1) is 5.69 Å². The second kappa shape index (κ2) is 3.35. The summed E-state index contributed by atoms with van der Waals surface area (Å²) in [5, 5.41) is 5.33. The molecule has 3 nitrogen and oxygen atoms in total. The highest BCUT2D eigenvalue weighted by Gasteiger charge is 2.24. The molecule has 0 atom stereocenters. The van der Waals surface area contributed by atoms with Gasteiger partial charge in [0.25, 0.3) is 0 Å². The minimum atomic E-state index is 0.575. The monoisotopic (exact) mass is 202 g/mol. The Balaban J connectivity index is 2.13. The van der Waals surface area contributed by atoms with Gasteiger partial charge in [-0.3, -0.25) is 0 Å². The molecule has 0 bridgehead atoms. The van der Waals surface area contributed by atoms with Gasteiger partial charge in [-0.2, -0.15) is 0 Å². The fraction of sp³-hybridized carbons (Fsp3) is 0.417. The minimum Gasteiger partial charge on any atom is -0.356 e. The van der Waals surface area contributed by atoms with E-state index >= 15 is 0 Å². The Labute approximate surface area is 88.2 Å². The highest BCUT2D eigenvalue weighted by Crippen LogP contribution is 2.39. The summed E-state index contributed by atoms with van der Waals surface area (Å²) in [6, 6.07) is 6.07. The number of nitrogens with two attached hydrogens (primary N) is 1. The van der Waals surface area contributed by atoms with Crippen LogP contribution in [0.4, 0.5) is 0 Å². The van der Waals surface area contributed by atoms with Gasteiger partial charge in [-0.1, -0.05) is 17.6 Å². The molecule has 3 heteroatoms. The van der Waals surface area contributed by atoms with E-state index < -0.39 is 0 Å². The van der Waals surface area contributed by atoms with Crippen molar-refractivity contribution in [1.82, 2.24) is 5.16 Å². The normalized spacial score (nSPS) is 16.9. The summed E-state index contributed by atoms with van der Waals surface area (Å²) < 4.78 is 5.31. The smallest absolute Gasteiger partial charge is 0.167 e. The molecule has 0 spiro atoms. The molecule has 1 fully saturated rings. The third-order valence-electron chi connectivity index (χ3n) is 3.29. The lowest BCUT2D eigenvalue weighted by atomic mass is 9.82. The van der Waals surface area contributed by atoms with Crippen LogP contribution in [0.15, 0.2) is 22.7 Å². The second-order valence-electron chi connectivity index (χ2n) is 4.23. The van der Waals surface area contributed by atoms with E-state index in [-0.39, 0.29) is 0 Å². The predicted molar refractivity (Wildman–Crippen MR) is 58.5 cm³/mol. The average Bonchev–Trinajstić information content (AvgIpc) is 2.59. The molecule has 0 amide bonds. The molecule has 78 valence electrons. The third-order valence-corrected chi connectivity index (χ3v) is 3.29. The molecule has 1 aromatic heterocycles. The van der Waals surface area contributed by atoms with Gasteiger partial charge in [0.15, 0.2) is 5.58 Å². The molecular weight excluding hydrogens is 188 g/mol. The molecule has 1 aliphatic rings. The summed E-state index contributed by atoms with van der Waals surface area (Å²) in [6.45, 7) is 0.575. The first-order chi connectivity index (χ1) is 7.38. The van der Waals surface area contributed by atoms with Crippen LogP contribution in [-0.4, -0.2) is 5.16 Å².